The molecule has 23 heavy (non-hydrogen) atoms. The smallest absolute Gasteiger partial charge is 0.360 e. The molecule has 0 unspecified atom stereocenters. The molecule has 0 aromatic heterocycles. The normalized spacial score (nSPS) is 11.8. The average Bonchev–Trinajstić information content (AvgIpc) is 2.44. The van der Waals surface area contributed by atoms with Crippen LogP contribution in [0.4, 0.5) is 5.69 Å². The average molecular weight is 376 g/mol. The molecule has 0 aliphatic heterocycles. The van der Waals surface area contributed by atoms with E-state index in [1.807, 2.05) is 0 Å². The van der Waals surface area contributed by atoms with Crippen LogP contribution in [-0.2, 0) is 9.53 Å². The largest absolute Gasteiger partial charge is 0.461 e. The number of hydrogen-bond acceptors (Lipinski definition) is 6. The van der Waals surface area contributed by atoms with Crippen LogP contribution < -0.4 is 16.6 Å². The van der Waals surface area contributed by atoms with E-state index < -0.39 is 5.97 Å². The number of nitrogens with two attached hydrogens (primary N) is 1. The van der Waals surface area contributed by atoms with Gasteiger partial charge in [0.05, 0.1) is 18.0 Å². The quantitative estimate of drug-likeness (QED) is 0.305. The minimum atomic E-state index is -0.654. The minimum absolute atomic E-state index is 0.0397. The third-order valence-corrected chi connectivity index (χ3v) is 2.83. The summed E-state index contributed by atoms with van der Waals surface area (Å²) < 4.78 is 4.93. The number of rotatable bonds is 6. The van der Waals surface area contributed by atoms with Crippen LogP contribution in [-0.4, -0.2) is 29.1 Å². The van der Waals surface area contributed by atoms with E-state index in [4.69, 9.17) is 33.7 Å². The summed E-state index contributed by atoms with van der Waals surface area (Å²) in [5.41, 5.74) is 11.0. The van der Waals surface area contributed by atoms with Gasteiger partial charge in [-0.2, -0.15) is 10.2 Å². The van der Waals surface area contributed by atoms with Crippen molar-refractivity contribution in [2.75, 3.05) is 12.0 Å². The second-order valence-electron chi connectivity index (χ2n) is 4.12. The van der Waals surface area contributed by atoms with Crippen molar-refractivity contribution in [3.05, 3.63) is 28.2 Å². The summed E-state index contributed by atoms with van der Waals surface area (Å²) >= 11 is 16.4. The summed E-state index contributed by atoms with van der Waals surface area (Å²) in [6, 6.07) is 4.77. The molecule has 7 nitrogen and oxygen atoms in total. The third-order valence-electron chi connectivity index (χ3n) is 2.30. The van der Waals surface area contributed by atoms with E-state index >= 15 is 0 Å². The van der Waals surface area contributed by atoms with Crippen molar-refractivity contribution in [2.24, 2.45) is 15.9 Å². The molecule has 0 atom stereocenters. The lowest BCUT2D eigenvalue weighted by Gasteiger charge is -2.08. The molecule has 0 saturated carbocycles. The molecule has 1 aromatic rings. The second kappa shape index (κ2) is 9.29. The SMILES string of the molecule is CCOC(=O)/C(=N\Nc1cc(Cl)cc(Cl)c1)C(C)=NNC(N)=S. The molecule has 0 fully saturated rings. The third kappa shape index (κ3) is 6.81. The van der Waals surface area contributed by atoms with Gasteiger partial charge in [-0.3, -0.25) is 10.9 Å². The van der Waals surface area contributed by atoms with Gasteiger partial charge in [0.1, 0.15) is 0 Å². The maximum atomic E-state index is 12.0. The van der Waals surface area contributed by atoms with E-state index in [9.17, 15) is 4.79 Å². The first-order valence-electron chi connectivity index (χ1n) is 6.40. The molecule has 0 radical (unpaired) electrons. The zero-order chi connectivity index (χ0) is 17.4. The van der Waals surface area contributed by atoms with E-state index in [-0.39, 0.29) is 23.1 Å². The summed E-state index contributed by atoms with van der Waals surface area (Å²) in [5, 5.41) is 8.65. The molecule has 1 rings (SSSR count). The fourth-order valence-corrected chi connectivity index (χ4v) is 1.98. The van der Waals surface area contributed by atoms with Gasteiger partial charge < -0.3 is 10.5 Å². The predicted octanol–water partition coefficient (Wildman–Crippen LogP) is 2.53. The number of nitrogens with one attached hydrogen (secondary N) is 2. The number of carbonyl (C=O) groups excluding carboxylic acids is 1. The molecule has 0 bridgehead atoms. The lowest BCUT2D eigenvalue weighted by molar-refractivity contribution is -0.134. The van der Waals surface area contributed by atoms with Crippen molar-refractivity contribution in [2.45, 2.75) is 13.8 Å². The number of anilines is 1. The molecule has 1 aromatic carbocycles. The minimum Gasteiger partial charge on any atom is -0.461 e. The Morgan fingerprint density at radius 3 is 2.43 bits per heavy atom. The van der Waals surface area contributed by atoms with Gasteiger partial charge in [0.25, 0.3) is 0 Å². The Bertz CT molecular complexity index is 644. The first-order valence-corrected chi connectivity index (χ1v) is 7.57. The Kier molecular flexibility index (Phi) is 7.73. The van der Waals surface area contributed by atoms with Crippen molar-refractivity contribution >= 4 is 63.6 Å². The fourth-order valence-electron chi connectivity index (χ4n) is 1.40. The second-order valence-corrected chi connectivity index (χ2v) is 5.44. The number of nitrogens with zero attached hydrogens (tertiary/aromatic N) is 2. The summed E-state index contributed by atoms with van der Waals surface area (Å²) in [7, 11) is 0. The molecule has 0 aliphatic rings. The number of ether oxygens (including phenoxy) is 1. The van der Waals surface area contributed by atoms with E-state index in [0.29, 0.717) is 15.7 Å². The van der Waals surface area contributed by atoms with Gasteiger partial charge in [-0.1, -0.05) is 23.2 Å². The zero-order valence-electron chi connectivity index (χ0n) is 12.4. The van der Waals surface area contributed by atoms with Crippen LogP contribution in [0, 0.1) is 0 Å². The summed E-state index contributed by atoms with van der Waals surface area (Å²) in [6.45, 7) is 3.42. The van der Waals surface area contributed by atoms with Crippen LogP contribution in [0.5, 0.6) is 0 Å². The number of benzene rings is 1. The summed E-state index contributed by atoms with van der Waals surface area (Å²) in [5.74, 6) is -0.654. The Labute approximate surface area is 148 Å². The van der Waals surface area contributed by atoms with E-state index in [0.717, 1.165) is 0 Å². The number of halogens is 2. The Morgan fingerprint density at radius 2 is 1.91 bits per heavy atom. The maximum Gasteiger partial charge on any atom is 0.360 e. The molecule has 124 valence electrons. The Morgan fingerprint density at radius 1 is 1.30 bits per heavy atom. The molecule has 0 aliphatic carbocycles. The topological polar surface area (TPSA) is 101 Å². The maximum absolute atomic E-state index is 12.0. The fraction of sp³-hybridized carbons (Fsp3) is 0.231. The summed E-state index contributed by atoms with van der Waals surface area (Å²) in [6.07, 6.45) is 0. The van der Waals surface area contributed by atoms with Gasteiger partial charge in [0, 0.05) is 10.0 Å². The van der Waals surface area contributed by atoms with Crippen molar-refractivity contribution in [1.82, 2.24) is 5.43 Å². The molecule has 4 N–H and O–H groups in total. The number of carbonyl (C=O) groups is 1. The lowest BCUT2D eigenvalue weighted by Crippen LogP contribution is -2.30. The van der Waals surface area contributed by atoms with Gasteiger partial charge in [-0.15, -0.1) is 0 Å². The van der Waals surface area contributed by atoms with E-state index in [1.165, 1.54) is 0 Å². The number of hydrogen-bond donors (Lipinski definition) is 3. The van der Waals surface area contributed by atoms with Crippen molar-refractivity contribution in [3.8, 4) is 0 Å². The molecular weight excluding hydrogens is 361 g/mol. The van der Waals surface area contributed by atoms with E-state index in [1.54, 1.807) is 32.0 Å². The number of esters is 1. The molecule has 0 spiro atoms. The monoisotopic (exact) mass is 375 g/mol. The van der Waals surface area contributed by atoms with Crippen molar-refractivity contribution < 1.29 is 9.53 Å². The number of thiocarbonyl (C=S) groups is 1. The van der Waals surface area contributed by atoms with Crippen LogP contribution in [0.2, 0.25) is 10.0 Å². The van der Waals surface area contributed by atoms with Crippen molar-refractivity contribution in [3.63, 3.8) is 0 Å². The van der Waals surface area contributed by atoms with Crippen LogP contribution in [0.25, 0.3) is 0 Å². The highest BCUT2D eigenvalue weighted by Crippen LogP contribution is 2.22. The lowest BCUT2D eigenvalue weighted by atomic mass is 10.2. The Balaban J connectivity index is 3.05. The highest BCUT2D eigenvalue weighted by atomic mass is 35.5. The predicted molar refractivity (Wildman–Crippen MR) is 97.2 cm³/mol. The van der Waals surface area contributed by atoms with Crippen LogP contribution >= 0.6 is 35.4 Å². The van der Waals surface area contributed by atoms with Crippen LogP contribution in [0.1, 0.15) is 13.8 Å². The first-order chi connectivity index (χ1) is 10.8. The van der Waals surface area contributed by atoms with Crippen LogP contribution in [0.3, 0.4) is 0 Å². The molecular formula is C13H15Cl2N5O2S. The van der Waals surface area contributed by atoms with Gasteiger partial charge in [0.15, 0.2) is 10.8 Å². The van der Waals surface area contributed by atoms with Crippen LogP contribution in [0.15, 0.2) is 28.4 Å². The molecule has 0 saturated heterocycles. The highest BCUT2D eigenvalue weighted by molar-refractivity contribution is 7.80. The Hall–Kier alpha value is -1.90. The van der Waals surface area contributed by atoms with Gasteiger partial charge >= 0.3 is 5.97 Å². The van der Waals surface area contributed by atoms with Gasteiger partial charge in [0.2, 0.25) is 0 Å². The first kappa shape index (κ1) is 19.1. The van der Waals surface area contributed by atoms with E-state index in [2.05, 4.69) is 33.3 Å². The standard InChI is InChI=1S/C13H15Cl2N5O2S/c1-3-22-12(21)11(7(2)17-20-13(16)23)19-18-10-5-8(14)4-9(15)6-10/h4-6,18H,3H2,1-2H3,(H3,16,20,23)/b17-7?,19-11-. The van der Waals surface area contributed by atoms with Gasteiger partial charge in [-0.05, 0) is 44.3 Å². The highest BCUT2D eigenvalue weighted by Gasteiger charge is 2.17. The molecule has 0 heterocycles. The number of hydrazone groups is 2. The zero-order valence-corrected chi connectivity index (χ0v) is 14.7. The summed E-state index contributed by atoms with van der Waals surface area (Å²) in [4.78, 5) is 12.0. The molecule has 0 amide bonds. The van der Waals surface area contributed by atoms with Crippen molar-refractivity contribution in [1.29, 1.82) is 0 Å². The van der Waals surface area contributed by atoms with Gasteiger partial charge in [-0.25, -0.2) is 4.79 Å². The molecule has 10 heteroatoms.